The Labute approximate surface area is 238 Å². The van der Waals surface area contributed by atoms with Gasteiger partial charge in [-0.2, -0.15) is 0 Å². The lowest BCUT2D eigenvalue weighted by molar-refractivity contribution is -0.147. The zero-order valence-corrected chi connectivity index (χ0v) is 23.5. The summed E-state index contributed by atoms with van der Waals surface area (Å²) in [6.45, 7) is 3.94. The molecule has 7 nitrogen and oxygen atoms in total. The second kappa shape index (κ2) is 9.63. The zero-order valence-electron chi connectivity index (χ0n) is 22.0. The number of benzene rings is 2. The summed E-state index contributed by atoms with van der Waals surface area (Å²) in [5, 5.41) is 0.907. The average Bonchev–Trinajstić information content (AvgIpc) is 3.42. The first-order valence-corrected chi connectivity index (χ1v) is 14.5. The fourth-order valence-electron chi connectivity index (χ4n) is 7.50. The quantitative estimate of drug-likeness (QED) is 0.316. The summed E-state index contributed by atoms with van der Waals surface area (Å²) in [6.07, 6.45) is 4.80. The third kappa shape index (κ3) is 3.84. The number of rotatable bonds is 5. The number of amides is 5. The predicted molar refractivity (Wildman–Crippen MR) is 148 cm³/mol. The highest BCUT2D eigenvalue weighted by molar-refractivity contribution is 6.32. The van der Waals surface area contributed by atoms with Crippen molar-refractivity contribution in [3.05, 3.63) is 64.1 Å². The molecule has 5 amide bonds. The second-order valence-electron chi connectivity index (χ2n) is 11.6. The van der Waals surface area contributed by atoms with Gasteiger partial charge in [0.25, 0.3) is 5.91 Å². The highest BCUT2D eigenvalue weighted by Crippen LogP contribution is 2.61. The van der Waals surface area contributed by atoms with Crippen molar-refractivity contribution >= 4 is 52.6 Å². The SMILES string of the molecule is CC(C)C[C@@]12C(=O)N(c3cccc(Cl)c3)C(=O)N1[C@H](c1ccc(Cl)cc1)[C@@H]1C(=O)N(C3CCCCC3)C(=O)[C@@H]12. The molecule has 4 atom stereocenters. The fraction of sp³-hybridized carbons (Fsp3) is 0.467. The first-order chi connectivity index (χ1) is 18.7. The van der Waals surface area contributed by atoms with Crippen LogP contribution >= 0.6 is 23.2 Å². The highest BCUT2D eigenvalue weighted by Gasteiger charge is 2.77. The molecule has 4 aliphatic rings. The number of imide groups is 2. The Bertz CT molecular complexity index is 1360. The molecule has 3 saturated heterocycles. The van der Waals surface area contributed by atoms with Gasteiger partial charge in [0, 0.05) is 16.1 Å². The predicted octanol–water partition coefficient (Wildman–Crippen LogP) is 6.24. The Morgan fingerprint density at radius 1 is 0.897 bits per heavy atom. The monoisotopic (exact) mass is 567 g/mol. The molecule has 0 bridgehead atoms. The Balaban J connectivity index is 1.56. The van der Waals surface area contributed by atoms with E-state index < -0.39 is 35.4 Å². The summed E-state index contributed by atoms with van der Waals surface area (Å²) < 4.78 is 0. The number of hydrogen-bond donors (Lipinski definition) is 0. The number of nitrogens with zero attached hydrogens (tertiary/aromatic N) is 3. The Morgan fingerprint density at radius 3 is 2.23 bits per heavy atom. The molecule has 2 aromatic rings. The first-order valence-electron chi connectivity index (χ1n) is 13.7. The van der Waals surface area contributed by atoms with Crippen LogP contribution < -0.4 is 4.90 Å². The van der Waals surface area contributed by atoms with Crippen molar-refractivity contribution < 1.29 is 19.2 Å². The van der Waals surface area contributed by atoms with Crippen LogP contribution in [0.15, 0.2) is 48.5 Å². The molecule has 0 spiro atoms. The summed E-state index contributed by atoms with van der Waals surface area (Å²) in [4.78, 5) is 61.6. The molecule has 6 rings (SSSR count). The van der Waals surface area contributed by atoms with Crippen LogP contribution in [0, 0.1) is 17.8 Å². The van der Waals surface area contributed by atoms with E-state index in [4.69, 9.17) is 23.2 Å². The van der Waals surface area contributed by atoms with Crippen molar-refractivity contribution in [2.24, 2.45) is 17.8 Å². The van der Waals surface area contributed by atoms with Gasteiger partial charge < -0.3 is 4.90 Å². The van der Waals surface area contributed by atoms with E-state index in [0.717, 1.165) is 37.0 Å². The van der Waals surface area contributed by atoms with Crippen molar-refractivity contribution in [1.82, 2.24) is 9.80 Å². The lowest BCUT2D eigenvalue weighted by Crippen LogP contribution is -2.55. The minimum Gasteiger partial charge on any atom is -0.300 e. The van der Waals surface area contributed by atoms with Gasteiger partial charge in [-0.25, -0.2) is 9.69 Å². The molecule has 9 heteroatoms. The molecule has 4 fully saturated rings. The van der Waals surface area contributed by atoms with Gasteiger partial charge in [-0.05, 0) is 61.1 Å². The zero-order chi connectivity index (χ0) is 27.6. The molecule has 0 N–H and O–H groups in total. The van der Waals surface area contributed by atoms with E-state index in [-0.39, 0.29) is 30.2 Å². The third-order valence-electron chi connectivity index (χ3n) is 8.86. The molecule has 1 saturated carbocycles. The van der Waals surface area contributed by atoms with Crippen LogP contribution in [0.4, 0.5) is 10.5 Å². The van der Waals surface area contributed by atoms with Crippen LogP contribution in [0.5, 0.6) is 0 Å². The van der Waals surface area contributed by atoms with Gasteiger partial charge in [0.15, 0.2) is 0 Å². The minimum absolute atomic E-state index is 0.0280. The molecular formula is C30H31Cl2N3O4. The highest BCUT2D eigenvalue weighted by atomic mass is 35.5. The Morgan fingerprint density at radius 2 is 1.59 bits per heavy atom. The second-order valence-corrected chi connectivity index (χ2v) is 12.5. The molecule has 3 heterocycles. The van der Waals surface area contributed by atoms with E-state index in [9.17, 15) is 19.2 Å². The maximum Gasteiger partial charge on any atom is 0.332 e. The summed E-state index contributed by atoms with van der Waals surface area (Å²) in [5.74, 6) is -2.90. The maximum atomic E-state index is 14.6. The van der Waals surface area contributed by atoms with E-state index in [2.05, 4.69) is 0 Å². The number of likely N-dealkylation sites (tertiary alicyclic amines) is 1. The average molecular weight is 569 g/mol. The molecular weight excluding hydrogens is 537 g/mol. The number of carbonyl (C=O) groups is 4. The Kier molecular flexibility index (Phi) is 6.50. The normalized spacial score (nSPS) is 29.2. The summed E-state index contributed by atoms with van der Waals surface area (Å²) in [6, 6.07) is 12.1. The van der Waals surface area contributed by atoms with Gasteiger partial charge in [0.2, 0.25) is 11.8 Å². The molecule has 2 aromatic carbocycles. The van der Waals surface area contributed by atoms with Crippen LogP contribution in [-0.4, -0.2) is 45.1 Å². The minimum atomic E-state index is -1.49. The number of anilines is 1. The van der Waals surface area contributed by atoms with E-state index >= 15 is 0 Å². The van der Waals surface area contributed by atoms with Crippen molar-refractivity contribution in [2.75, 3.05) is 4.90 Å². The van der Waals surface area contributed by atoms with Crippen molar-refractivity contribution in [2.45, 2.75) is 70.0 Å². The number of hydrogen-bond acceptors (Lipinski definition) is 4. The summed E-state index contributed by atoms with van der Waals surface area (Å²) >= 11 is 12.5. The van der Waals surface area contributed by atoms with Gasteiger partial charge >= 0.3 is 6.03 Å². The smallest absolute Gasteiger partial charge is 0.300 e. The molecule has 0 radical (unpaired) electrons. The summed E-state index contributed by atoms with van der Waals surface area (Å²) in [7, 11) is 0. The lowest BCUT2D eigenvalue weighted by atomic mass is 9.74. The topological polar surface area (TPSA) is 78.0 Å². The summed E-state index contributed by atoms with van der Waals surface area (Å²) in [5.41, 5.74) is -0.457. The van der Waals surface area contributed by atoms with Gasteiger partial charge in [-0.15, -0.1) is 0 Å². The Hall–Kier alpha value is -2.90. The number of urea groups is 1. The van der Waals surface area contributed by atoms with E-state index in [1.807, 2.05) is 13.8 Å². The van der Waals surface area contributed by atoms with Crippen LogP contribution in [0.25, 0.3) is 0 Å². The van der Waals surface area contributed by atoms with Crippen molar-refractivity contribution in [1.29, 1.82) is 0 Å². The molecule has 1 aliphatic carbocycles. The van der Waals surface area contributed by atoms with Crippen LogP contribution in [0.2, 0.25) is 10.0 Å². The largest absolute Gasteiger partial charge is 0.332 e. The van der Waals surface area contributed by atoms with Crippen LogP contribution in [0.3, 0.4) is 0 Å². The van der Waals surface area contributed by atoms with E-state index in [1.165, 1.54) is 4.90 Å². The standard InChI is InChI=1S/C30H31Cl2N3O4/c1-17(2)16-30-24-23(26(36)33(27(24)37)21-8-4-3-5-9-21)25(18-11-13-19(31)14-12-18)35(30)29(39)34(28(30)38)22-10-6-7-20(32)15-22/h6-7,10-15,17,21,23-25H,3-5,8-9,16H2,1-2H3/t23-,24-,25-,30-/m1/s1. The fourth-order valence-corrected chi connectivity index (χ4v) is 7.81. The lowest BCUT2D eigenvalue weighted by Gasteiger charge is -2.38. The van der Waals surface area contributed by atoms with Gasteiger partial charge in [-0.3, -0.25) is 19.3 Å². The first kappa shape index (κ1) is 26.3. The number of halogens is 2. The van der Waals surface area contributed by atoms with Crippen molar-refractivity contribution in [3.63, 3.8) is 0 Å². The molecule has 3 aliphatic heterocycles. The molecule has 0 aromatic heterocycles. The van der Waals surface area contributed by atoms with E-state index in [1.54, 1.807) is 53.4 Å². The molecule has 39 heavy (non-hydrogen) atoms. The molecule has 0 unspecified atom stereocenters. The van der Waals surface area contributed by atoms with Crippen LogP contribution in [0.1, 0.15) is 64.0 Å². The van der Waals surface area contributed by atoms with Crippen molar-refractivity contribution in [3.8, 4) is 0 Å². The van der Waals surface area contributed by atoms with E-state index in [0.29, 0.717) is 21.3 Å². The van der Waals surface area contributed by atoms with Gasteiger partial charge in [-0.1, -0.05) is 74.5 Å². The van der Waals surface area contributed by atoms with Gasteiger partial charge in [0.1, 0.15) is 5.54 Å². The third-order valence-corrected chi connectivity index (χ3v) is 9.34. The number of carbonyl (C=O) groups excluding carboxylic acids is 4. The maximum absolute atomic E-state index is 14.6. The van der Waals surface area contributed by atoms with Gasteiger partial charge in [0.05, 0.1) is 23.6 Å². The number of fused-ring (bicyclic) bond motifs is 3. The van der Waals surface area contributed by atoms with Crippen LogP contribution in [-0.2, 0) is 14.4 Å². The molecule has 204 valence electrons.